The maximum atomic E-state index is 14.1. The Labute approximate surface area is 126 Å². The van der Waals surface area contributed by atoms with Crippen LogP contribution in [0.2, 0.25) is 0 Å². The summed E-state index contributed by atoms with van der Waals surface area (Å²) in [5, 5.41) is 2.66. The van der Waals surface area contributed by atoms with Gasteiger partial charge in [-0.1, -0.05) is 0 Å². The zero-order valence-electron chi connectivity index (χ0n) is 12.1. The number of benzene rings is 1. The fraction of sp³-hybridized carbons (Fsp3) is 0.125. The lowest BCUT2D eigenvalue weighted by Crippen LogP contribution is -2.12. The molecule has 0 saturated carbocycles. The van der Waals surface area contributed by atoms with Crippen molar-refractivity contribution in [1.82, 2.24) is 9.55 Å². The fourth-order valence-electron chi connectivity index (χ4n) is 2.25. The predicted octanol–water partition coefficient (Wildman–Crippen LogP) is 3.47. The van der Waals surface area contributed by atoms with Gasteiger partial charge in [-0.15, -0.1) is 0 Å². The Morgan fingerprint density at radius 3 is 2.73 bits per heavy atom. The van der Waals surface area contributed by atoms with Crippen LogP contribution in [0.4, 0.5) is 10.1 Å². The van der Waals surface area contributed by atoms with Crippen molar-refractivity contribution in [3.05, 3.63) is 65.9 Å². The molecule has 2 heterocycles. The van der Waals surface area contributed by atoms with Crippen molar-refractivity contribution < 1.29 is 13.6 Å². The number of nitrogens with zero attached hydrogens (tertiary/aromatic N) is 2. The van der Waals surface area contributed by atoms with E-state index < -0.39 is 5.82 Å². The Bertz CT molecular complexity index is 822. The molecule has 112 valence electrons. The molecule has 0 spiro atoms. The van der Waals surface area contributed by atoms with Gasteiger partial charge in [-0.2, -0.15) is 0 Å². The zero-order valence-corrected chi connectivity index (χ0v) is 12.1. The third-order valence-corrected chi connectivity index (χ3v) is 3.27. The molecule has 3 aromatic rings. The summed E-state index contributed by atoms with van der Waals surface area (Å²) < 4.78 is 21.0. The number of hydrogen-bond acceptors (Lipinski definition) is 3. The molecule has 1 amide bonds. The van der Waals surface area contributed by atoms with E-state index in [9.17, 15) is 9.18 Å². The molecular formula is C16H14FN3O2. The van der Waals surface area contributed by atoms with Crippen LogP contribution in [0.15, 0.2) is 47.4 Å². The van der Waals surface area contributed by atoms with E-state index in [1.807, 2.05) is 0 Å². The van der Waals surface area contributed by atoms with E-state index in [0.717, 1.165) is 0 Å². The number of rotatable bonds is 3. The highest BCUT2D eigenvalue weighted by atomic mass is 19.1. The van der Waals surface area contributed by atoms with Crippen molar-refractivity contribution in [2.45, 2.75) is 13.8 Å². The van der Waals surface area contributed by atoms with Gasteiger partial charge in [0, 0.05) is 18.1 Å². The third kappa shape index (κ3) is 2.63. The average Bonchev–Trinajstić information content (AvgIpc) is 3.08. The van der Waals surface area contributed by atoms with Crippen LogP contribution >= 0.6 is 0 Å². The molecule has 0 aliphatic rings. The van der Waals surface area contributed by atoms with E-state index in [0.29, 0.717) is 28.5 Å². The number of nitrogens with one attached hydrogen (secondary N) is 1. The van der Waals surface area contributed by atoms with Crippen molar-refractivity contribution in [1.29, 1.82) is 0 Å². The predicted molar refractivity (Wildman–Crippen MR) is 79.7 cm³/mol. The minimum atomic E-state index is -0.448. The number of carbonyl (C=O) groups excluding carboxylic acids is 1. The van der Waals surface area contributed by atoms with Crippen molar-refractivity contribution in [3.8, 4) is 5.69 Å². The summed E-state index contributed by atoms with van der Waals surface area (Å²) in [6.45, 7) is 3.48. The monoisotopic (exact) mass is 299 g/mol. The van der Waals surface area contributed by atoms with Crippen LogP contribution in [0.5, 0.6) is 0 Å². The number of aromatic nitrogens is 2. The molecule has 0 saturated heterocycles. The Balaban J connectivity index is 1.83. The molecule has 6 heteroatoms. The molecule has 0 unspecified atom stereocenters. The molecule has 22 heavy (non-hydrogen) atoms. The van der Waals surface area contributed by atoms with E-state index in [1.54, 1.807) is 49.0 Å². The van der Waals surface area contributed by atoms with E-state index in [1.165, 1.54) is 12.4 Å². The number of carbonyl (C=O) groups is 1. The minimum Gasteiger partial charge on any atom is -0.466 e. The van der Waals surface area contributed by atoms with Crippen molar-refractivity contribution >= 4 is 11.6 Å². The Kier molecular flexibility index (Phi) is 3.50. The topological polar surface area (TPSA) is 60.1 Å². The van der Waals surface area contributed by atoms with Gasteiger partial charge in [0.1, 0.15) is 17.3 Å². The van der Waals surface area contributed by atoms with Gasteiger partial charge in [0.2, 0.25) is 0 Å². The average molecular weight is 299 g/mol. The van der Waals surface area contributed by atoms with Gasteiger partial charge in [-0.3, -0.25) is 4.79 Å². The summed E-state index contributed by atoms with van der Waals surface area (Å²) in [4.78, 5) is 16.0. The zero-order chi connectivity index (χ0) is 15.7. The number of amides is 1. The molecule has 5 nitrogen and oxygen atoms in total. The van der Waals surface area contributed by atoms with Gasteiger partial charge in [-0.05, 0) is 38.1 Å². The summed E-state index contributed by atoms with van der Waals surface area (Å²) in [6.07, 6.45) is 4.72. The lowest BCUT2D eigenvalue weighted by atomic mass is 10.2. The highest BCUT2D eigenvalue weighted by Crippen LogP contribution is 2.20. The first-order chi connectivity index (χ1) is 10.5. The standard InChI is InChI=1S/C16H14FN3O2/c1-10-7-13(11(2)22-10)16(21)19-12-3-4-15(14(17)8-12)20-6-5-18-9-20/h3-9H,1-2H3,(H,19,21). The number of imidazole rings is 1. The molecule has 0 aliphatic carbocycles. The molecule has 0 radical (unpaired) electrons. The molecule has 2 aromatic heterocycles. The summed E-state index contributed by atoms with van der Waals surface area (Å²) in [5.41, 5.74) is 1.19. The highest BCUT2D eigenvalue weighted by Gasteiger charge is 2.14. The molecule has 1 N–H and O–H groups in total. The quantitative estimate of drug-likeness (QED) is 0.805. The van der Waals surface area contributed by atoms with E-state index in [4.69, 9.17) is 4.42 Å². The largest absolute Gasteiger partial charge is 0.466 e. The van der Waals surface area contributed by atoms with Crippen molar-refractivity contribution in [3.63, 3.8) is 0 Å². The van der Waals surface area contributed by atoms with Crippen LogP contribution in [-0.2, 0) is 0 Å². The maximum Gasteiger partial charge on any atom is 0.259 e. The molecule has 1 aromatic carbocycles. The van der Waals surface area contributed by atoms with Gasteiger partial charge in [0.15, 0.2) is 0 Å². The molecule has 0 bridgehead atoms. The van der Waals surface area contributed by atoms with Gasteiger partial charge in [-0.25, -0.2) is 9.37 Å². The summed E-state index contributed by atoms with van der Waals surface area (Å²) >= 11 is 0. The van der Waals surface area contributed by atoms with Crippen LogP contribution in [0, 0.1) is 19.7 Å². The Morgan fingerprint density at radius 1 is 1.32 bits per heavy atom. The SMILES string of the molecule is Cc1cc(C(=O)Nc2ccc(-n3ccnc3)c(F)c2)c(C)o1. The maximum absolute atomic E-state index is 14.1. The number of hydrogen-bond donors (Lipinski definition) is 1. The number of furan rings is 1. The minimum absolute atomic E-state index is 0.330. The molecule has 3 rings (SSSR count). The number of anilines is 1. The second kappa shape index (κ2) is 5.48. The lowest BCUT2D eigenvalue weighted by Gasteiger charge is -2.08. The van der Waals surface area contributed by atoms with Gasteiger partial charge in [0.05, 0.1) is 17.6 Å². The highest BCUT2D eigenvalue weighted by molar-refractivity contribution is 6.05. The van der Waals surface area contributed by atoms with Gasteiger partial charge < -0.3 is 14.3 Å². The molecular weight excluding hydrogens is 285 g/mol. The Morgan fingerprint density at radius 2 is 2.14 bits per heavy atom. The van der Waals surface area contributed by atoms with Gasteiger partial charge >= 0.3 is 0 Å². The molecule has 0 fully saturated rings. The number of halogens is 1. The normalized spacial score (nSPS) is 10.7. The first-order valence-corrected chi connectivity index (χ1v) is 6.71. The Hall–Kier alpha value is -2.89. The van der Waals surface area contributed by atoms with Gasteiger partial charge in [0.25, 0.3) is 5.91 Å². The summed E-state index contributed by atoms with van der Waals surface area (Å²) in [5.74, 6) is 0.412. The van der Waals surface area contributed by atoms with E-state index in [-0.39, 0.29) is 5.91 Å². The lowest BCUT2D eigenvalue weighted by molar-refractivity contribution is 0.102. The third-order valence-electron chi connectivity index (χ3n) is 3.27. The van der Waals surface area contributed by atoms with Crippen LogP contribution in [0.25, 0.3) is 5.69 Å². The summed E-state index contributed by atoms with van der Waals surface area (Å²) in [6, 6.07) is 6.15. The van der Waals surface area contributed by atoms with Crippen LogP contribution < -0.4 is 5.32 Å². The fourth-order valence-corrected chi connectivity index (χ4v) is 2.25. The van der Waals surface area contributed by atoms with E-state index >= 15 is 0 Å². The van der Waals surface area contributed by atoms with Crippen LogP contribution in [0.1, 0.15) is 21.9 Å². The summed E-state index contributed by atoms with van der Waals surface area (Å²) in [7, 11) is 0. The van der Waals surface area contributed by atoms with Crippen LogP contribution in [0.3, 0.4) is 0 Å². The number of aryl methyl sites for hydroxylation is 2. The second-order valence-electron chi connectivity index (χ2n) is 4.92. The molecule has 0 aliphatic heterocycles. The molecule has 0 atom stereocenters. The van der Waals surface area contributed by atoms with Crippen molar-refractivity contribution in [2.75, 3.05) is 5.32 Å². The first kappa shape index (κ1) is 14.1. The smallest absolute Gasteiger partial charge is 0.259 e. The van der Waals surface area contributed by atoms with E-state index in [2.05, 4.69) is 10.3 Å². The second-order valence-corrected chi connectivity index (χ2v) is 4.92. The van der Waals surface area contributed by atoms with Crippen LogP contribution in [-0.4, -0.2) is 15.5 Å². The first-order valence-electron chi connectivity index (χ1n) is 6.71. The van der Waals surface area contributed by atoms with Crippen molar-refractivity contribution in [2.24, 2.45) is 0 Å².